The molecule has 3 heteroatoms. The van der Waals surface area contributed by atoms with Crippen molar-refractivity contribution in [2.75, 3.05) is 0 Å². The first-order chi connectivity index (χ1) is 8.54. The first-order valence-electron chi connectivity index (χ1n) is 7.60. The van der Waals surface area contributed by atoms with Crippen molar-refractivity contribution in [1.82, 2.24) is 5.32 Å². The van der Waals surface area contributed by atoms with E-state index < -0.39 is 0 Å². The maximum Gasteiger partial charge on any atom is 0.227 e. The SMILES string of the molecule is C[C@H](NC(=O)C1(C)CCCC1N)C1CCCCC1. The first kappa shape index (κ1) is 13.9. The summed E-state index contributed by atoms with van der Waals surface area (Å²) in [5, 5.41) is 3.24. The standard InChI is InChI=1S/C15H28N2O/c1-11(12-7-4-3-5-8-12)17-14(18)15(2)10-6-9-13(15)16/h11-13H,3-10,16H2,1-2H3,(H,17,18)/t11-,13?,15?/m0/s1. The average Bonchev–Trinajstić information content (AvgIpc) is 2.72. The van der Waals surface area contributed by atoms with Crippen LogP contribution in [-0.2, 0) is 4.79 Å². The summed E-state index contributed by atoms with van der Waals surface area (Å²) in [6, 6.07) is 0.346. The number of hydrogen-bond acceptors (Lipinski definition) is 2. The fraction of sp³-hybridized carbons (Fsp3) is 0.933. The van der Waals surface area contributed by atoms with E-state index in [9.17, 15) is 4.79 Å². The molecule has 2 fully saturated rings. The minimum atomic E-state index is -0.330. The van der Waals surface area contributed by atoms with E-state index in [2.05, 4.69) is 12.2 Å². The third kappa shape index (κ3) is 2.71. The minimum absolute atomic E-state index is 0.0380. The molecule has 18 heavy (non-hydrogen) atoms. The van der Waals surface area contributed by atoms with Gasteiger partial charge in [-0.15, -0.1) is 0 Å². The van der Waals surface area contributed by atoms with Crippen molar-refractivity contribution in [1.29, 1.82) is 0 Å². The number of carbonyl (C=O) groups is 1. The average molecular weight is 252 g/mol. The lowest BCUT2D eigenvalue weighted by Crippen LogP contribution is -2.51. The van der Waals surface area contributed by atoms with Gasteiger partial charge in [-0.05, 0) is 45.4 Å². The van der Waals surface area contributed by atoms with Gasteiger partial charge in [-0.25, -0.2) is 0 Å². The van der Waals surface area contributed by atoms with Gasteiger partial charge >= 0.3 is 0 Å². The molecule has 0 bridgehead atoms. The Morgan fingerprint density at radius 1 is 1.22 bits per heavy atom. The number of hydrogen-bond donors (Lipinski definition) is 2. The van der Waals surface area contributed by atoms with Crippen LogP contribution in [0.15, 0.2) is 0 Å². The van der Waals surface area contributed by atoms with Gasteiger partial charge in [0.05, 0.1) is 5.41 Å². The van der Waals surface area contributed by atoms with E-state index in [1.807, 2.05) is 6.92 Å². The van der Waals surface area contributed by atoms with Crippen LogP contribution in [0.5, 0.6) is 0 Å². The highest BCUT2D eigenvalue weighted by Crippen LogP contribution is 2.37. The Bertz CT molecular complexity index is 299. The van der Waals surface area contributed by atoms with E-state index in [-0.39, 0.29) is 17.4 Å². The predicted molar refractivity (Wildman–Crippen MR) is 74.1 cm³/mol. The van der Waals surface area contributed by atoms with Gasteiger partial charge in [0.2, 0.25) is 5.91 Å². The molecule has 0 aromatic rings. The van der Waals surface area contributed by atoms with E-state index in [1.165, 1.54) is 32.1 Å². The molecule has 0 heterocycles. The Kier molecular flexibility index (Phi) is 4.31. The van der Waals surface area contributed by atoms with Crippen molar-refractivity contribution in [3.63, 3.8) is 0 Å². The number of rotatable bonds is 3. The molecule has 2 unspecified atom stereocenters. The number of nitrogens with one attached hydrogen (secondary N) is 1. The van der Waals surface area contributed by atoms with Gasteiger partial charge in [0.1, 0.15) is 0 Å². The van der Waals surface area contributed by atoms with Crippen molar-refractivity contribution in [2.24, 2.45) is 17.1 Å². The Morgan fingerprint density at radius 2 is 1.89 bits per heavy atom. The zero-order chi connectivity index (χ0) is 13.2. The molecule has 0 aromatic carbocycles. The van der Waals surface area contributed by atoms with Gasteiger partial charge < -0.3 is 11.1 Å². The first-order valence-corrected chi connectivity index (χ1v) is 7.60. The zero-order valence-corrected chi connectivity index (χ0v) is 11.9. The molecule has 0 radical (unpaired) electrons. The number of carbonyl (C=O) groups excluding carboxylic acids is 1. The van der Waals surface area contributed by atoms with Gasteiger partial charge in [-0.1, -0.05) is 25.7 Å². The molecule has 1 amide bonds. The summed E-state index contributed by atoms with van der Waals surface area (Å²) in [5.41, 5.74) is 5.78. The molecule has 3 atom stereocenters. The highest BCUT2D eigenvalue weighted by molar-refractivity contribution is 5.83. The lowest BCUT2D eigenvalue weighted by Gasteiger charge is -2.33. The lowest BCUT2D eigenvalue weighted by atomic mass is 9.81. The van der Waals surface area contributed by atoms with Crippen molar-refractivity contribution in [3.8, 4) is 0 Å². The molecule has 2 aliphatic rings. The summed E-state index contributed by atoms with van der Waals surface area (Å²) in [4.78, 5) is 12.4. The molecule has 0 aromatic heterocycles. The molecule has 2 aliphatic carbocycles. The van der Waals surface area contributed by atoms with Crippen LogP contribution in [0.25, 0.3) is 0 Å². The highest BCUT2D eigenvalue weighted by atomic mass is 16.2. The van der Waals surface area contributed by atoms with Gasteiger partial charge in [-0.2, -0.15) is 0 Å². The monoisotopic (exact) mass is 252 g/mol. The molecule has 104 valence electrons. The quantitative estimate of drug-likeness (QED) is 0.811. The lowest BCUT2D eigenvalue weighted by molar-refractivity contribution is -0.131. The molecule has 2 rings (SSSR count). The fourth-order valence-corrected chi connectivity index (χ4v) is 3.60. The Morgan fingerprint density at radius 3 is 2.44 bits per heavy atom. The largest absolute Gasteiger partial charge is 0.353 e. The van der Waals surface area contributed by atoms with Crippen LogP contribution in [0, 0.1) is 11.3 Å². The Hall–Kier alpha value is -0.570. The summed E-state index contributed by atoms with van der Waals surface area (Å²) >= 11 is 0. The maximum atomic E-state index is 12.4. The summed E-state index contributed by atoms with van der Waals surface area (Å²) in [5.74, 6) is 0.856. The van der Waals surface area contributed by atoms with Gasteiger partial charge in [0.25, 0.3) is 0 Å². The van der Waals surface area contributed by atoms with Crippen molar-refractivity contribution >= 4 is 5.91 Å². The third-order valence-corrected chi connectivity index (χ3v) is 5.26. The second-order valence-corrected chi connectivity index (χ2v) is 6.58. The van der Waals surface area contributed by atoms with Gasteiger partial charge in [0.15, 0.2) is 0 Å². The maximum absolute atomic E-state index is 12.4. The topological polar surface area (TPSA) is 55.1 Å². The van der Waals surface area contributed by atoms with Crippen LogP contribution in [0.3, 0.4) is 0 Å². The van der Waals surface area contributed by atoms with Gasteiger partial charge in [0, 0.05) is 12.1 Å². The molecular formula is C15H28N2O. The predicted octanol–water partition coefficient (Wildman–Crippen LogP) is 2.59. The number of amides is 1. The highest BCUT2D eigenvalue weighted by Gasteiger charge is 2.43. The molecule has 0 spiro atoms. The summed E-state index contributed by atoms with van der Waals surface area (Å²) < 4.78 is 0. The molecule has 3 N–H and O–H groups in total. The van der Waals surface area contributed by atoms with E-state index in [0.29, 0.717) is 12.0 Å². The van der Waals surface area contributed by atoms with E-state index in [1.54, 1.807) is 0 Å². The van der Waals surface area contributed by atoms with Crippen molar-refractivity contribution < 1.29 is 4.79 Å². The molecule has 2 saturated carbocycles. The van der Waals surface area contributed by atoms with Crippen molar-refractivity contribution in [3.05, 3.63) is 0 Å². The normalized spacial score (nSPS) is 35.4. The van der Waals surface area contributed by atoms with Gasteiger partial charge in [-0.3, -0.25) is 4.79 Å². The van der Waals surface area contributed by atoms with Crippen LogP contribution in [0.4, 0.5) is 0 Å². The summed E-state index contributed by atoms with van der Waals surface area (Å²) in [6.45, 7) is 4.20. The second-order valence-electron chi connectivity index (χ2n) is 6.58. The van der Waals surface area contributed by atoms with Crippen LogP contribution in [0.1, 0.15) is 65.2 Å². The summed E-state index contributed by atoms with van der Waals surface area (Å²) in [7, 11) is 0. The molecule has 0 saturated heterocycles. The zero-order valence-electron chi connectivity index (χ0n) is 11.9. The van der Waals surface area contributed by atoms with Crippen LogP contribution >= 0.6 is 0 Å². The molecular weight excluding hydrogens is 224 g/mol. The molecule has 3 nitrogen and oxygen atoms in total. The fourth-order valence-electron chi connectivity index (χ4n) is 3.60. The summed E-state index contributed by atoms with van der Waals surface area (Å²) in [6.07, 6.45) is 9.56. The molecule has 0 aliphatic heterocycles. The van der Waals surface area contributed by atoms with Crippen molar-refractivity contribution in [2.45, 2.75) is 77.3 Å². The second kappa shape index (κ2) is 5.60. The van der Waals surface area contributed by atoms with E-state index >= 15 is 0 Å². The number of nitrogens with two attached hydrogens (primary N) is 1. The van der Waals surface area contributed by atoms with Crippen LogP contribution in [0.2, 0.25) is 0 Å². The minimum Gasteiger partial charge on any atom is -0.353 e. The van der Waals surface area contributed by atoms with E-state index in [0.717, 1.165) is 19.3 Å². The van der Waals surface area contributed by atoms with Crippen LogP contribution in [-0.4, -0.2) is 18.0 Å². The third-order valence-electron chi connectivity index (χ3n) is 5.26. The Balaban J connectivity index is 1.90. The van der Waals surface area contributed by atoms with Crippen LogP contribution < -0.4 is 11.1 Å². The van der Waals surface area contributed by atoms with E-state index in [4.69, 9.17) is 5.73 Å². The Labute approximate surface area is 111 Å². The smallest absolute Gasteiger partial charge is 0.227 e.